The van der Waals surface area contributed by atoms with Gasteiger partial charge in [0.15, 0.2) is 11.6 Å². The molecule has 1 fully saturated rings. The molecule has 1 aliphatic rings. The molecule has 0 radical (unpaired) electrons. The lowest BCUT2D eigenvalue weighted by Gasteiger charge is -2.30. The molecule has 0 saturated carbocycles. The van der Waals surface area contributed by atoms with Crippen molar-refractivity contribution in [2.24, 2.45) is 5.73 Å². The van der Waals surface area contributed by atoms with E-state index in [2.05, 4.69) is 24.2 Å². The summed E-state index contributed by atoms with van der Waals surface area (Å²) in [6, 6.07) is 5.29. The van der Waals surface area contributed by atoms with Gasteiger partial charge in [0.25, 0.3) is 0 Å². The number of methoxy groups -OCH3 is 1. The van der Waals surface area contributed by atoms with Crippen molar-refractivity contribution in [1.82, 2.24) is 4.90 Å². The number of ether oxygens (including phenoxy) is 1. The molecular weight excluding hydrogens is 245 g/mol. The maximum atomic E-state index is 13.4. The number of likely N-dealkylation sites (N-methyl/N-ethyl adjacent to an activating group) is 1. The van der Waals surface area contributed by atoms with E-state index in [1.165, 1.54) is 13.2 Å². The summed E-state index contributed by atoms with van der Waals surface area (Å²) in [7, 11) is 3.56. The van der Waals surface area contributed by atoms with E-state index >= 15 is 0 Å². The topological polar surface area (TPSA) is 50.5 Å². The Morgan fingerprint density at radius 2 is 2.32 bits per heavy atom. The van der Waals surface area contributed by atoms with Gasteiger partial charge in [0.05, 0.1) is 12.6 Å². The molecule has 5 heteroatoms. The van der Waals surface area contributed by atoms with Gasteiger partial charge in [-0.15, -0.1) is 0 Å². The molecule has 0 amide bonds. The summed E-state index contributed by atoms with van der Waals surface area (Å²) in [5.41, 5.74) is 6.63. The van der Waals surface area contributed by atoms with Gasteiger partial charge in [0, 0.05) is 30.9 Å². The van der Waals surface area contributed by atoms with Crippen molar-refractivity contribution in [2.75, 3.05) is 32.6 Å². The number of likely N-dealkylation sites (tertiary alicyclic amines) is 1. The summed E-state index contributed by atoms with van der Waals surface area (Å²) in [6.45, 7) is 3.61. The molecule has 0 aliphatic carbocycles. The zero-order chi connectivity index (χ0) is 14.0. The lowest BCUT2D eigenvalue weighted by Crippen LogP contribution is -2.47. The summed E-state index contributed by atoms with van der Waals surface area (Å²) >= 11 is 0. The number of benzene rings is 1. The Kier molecular flexibility index (Phi) is 3.96. The predicted octanol–water partition coefficient (Wildman–Crippen LogP) is 1.67. The highest BCUT2D eigenvalue weighted by Crippen LogP contribution is 2.30. The van der Waals surface area contributed by atoms with Crippen molar-refractivity contribution >= 4 is 5.69 Å². The summed E-state index contributed by atoms with van der Waals surface area (Å²) in [4.78, 5) is 2.28. The Labute approximate surface area is 113 Å². The van der Waals surface area contributed by atoms with Gasteiger partial charge in [-0.2, -0.15) is 0 Å². The second kappa shape index (κ2) is 5.35. The Bertz CT molecular complexity index is 442. The average molecular weight is 267 g/mol. The first-order chi connectivity index (χ1) is 8.99. The van der Waals surface area contributed by atoms with E-state index in [0.29, 0.717) is 12.6 Å². The van der Waals surface area contributed by atoms with E-state index in [1.807, 2.05) is 0 Å². The molecule has 0 aromatic heterocycles. The monoisotopic (exact) mass is 267 g/mol. The first kappa shape index (κ1) is 14.1. The fourth-order valence-corrected chi connectivity index (χ4v) is 2.75. The minimum absolute atomic E-state index is 0.156. The average Bonchev–Trinajstić information content (AvgIpc) is 2.68. The van der Waals surface area contributed by atoms with Crippen molar-refractivity contribution in [3.8, 4) is 5.75 Å². The molecule has 3 N–H and O–H groups in total. The Morgan fingerprint density at radius 3 is 2.84 bits per heavy atom. The molecule has 1 aliphatic heterocycles. The zero-order valence-electron chi connectivity index (χ0n) is 11.7. The minimum atomic E-state index is -0.355. The molecule has 1 aromatic carbocycles. The smallest absolute Gasteiger partial charge is 0.165 e. The molecule has 1 heterocycles. The Hall–Kier alpha value is -1.33. The lowest BCUT2D eigenvalue weighted by molar-refractivity contribution is 0.323. The van der Waals surface area contributed by atoms with Gasteiger partial charge in [0.1, 0.15) is 0 Å². The van der Waals surface area contributed by atoms with Crippen LogP contribution in [-0.2, 0) is 0 Å². The van der Waals surface area contributed by atoms with Gasteiger partial charge in [-0.25, -0.2) is 4.39 Å². The van der Waals surface area contributed by atoms with E-state index in [0.717, 1.165) is 18.7 Å². The molecule has 2 unspecified atom stereocenters. The first-order valence-electron chi connectivity index (χ1n) is 6.52. The molecule has 1 saturated heterocycles. The lowest BCUT2D eigenvalue weighted by atomic mass is 9.96. The Morgan fingerprint density at radius 1 is 1.58 bits per heavy atom. The fourth-order valence-electron chi connectivity index (χ4n) is 2.75. The van der Waals surface area contributed by atoms with Gasteiger partial charge >= 0.3 is 0 Å². The first-order valence-corrected chi connectivity index (χ1v) is 6.52. The number of hydrogen-bond donors (Lipinski definition) is 2. The fraction of sp³-hybridized carbons (Fsp3) is 0.571. The zero-order valence-corrected chi connectivity index (χ0v) is 11.7. The highest BCUT2D eigenvalue weighted by Gasteiger charge is 2.39. The van der Waals surface area contributed by atoms with Gasteiger partial charge < -0.3 is 20.7 Å². The summed E-state index contributed by atoms with van der Waals surface area (Å²) in [5, 5.41) is 3.45. The van der Waals surface area contributed by atoms with Crippen molar-refractivity contribution in [3.05, 3.63) is 24.0 Å². The normalized spacial score (nSPS) is 27.5. The maximum Gasteiger partial charge on any atom is 0.165 e. The van der Waals surface area contributed by atoms with Gasteiger partial charge in [-0.3, -0.25) is 0 Å². The van der Waals surface area contributed by atoms with Crippen molar-refractivity contribution in [1.29, 1.82) is 0 Å². The van der Waals surface area contributed by atoms with Crippen LogP contribution in [0.15, 0.2) is 18.2 Å². The van der Waals surface area contributed by atoms with E-state index in [1.54, 1.807) is 12.1 Å². The van der Waals surface area contributed by atoms with Crippen LogP contribution in [0.4, 0.5) is 10.1 Å². The van der Waals surface area contributed by atoms with Crippen LogP contribution in [0, 0.1) is 5.82 Å². The summed E-state index contributed by atoms with van der Waals surface area (Å²) in [6.07, 6.45) is 0.972. The SMILES string of the molecule is COc1cc(NC2(CN)CC(C)N(C)C2)ccc1F. The second-order valence-electron chi connectivity index (χ2n) is 5.43. The summed E-state index contributed by atoms with van der Waals surface area (Å²) in [5.74, 6) is -0.108. The van der Waals surface area contributed by atoms with Crippen LogP contribution in [0.25, 0.3) is 0 Å². The molecule has 1 aromatic rings. The van der Waals surface area contributed by atoms with Crippen LogP contribution in [0.1, 0.15) is 13.3 Å². The van der Waals surface area contributed by atoms with Gasteiger partial charge in [-0.05, 0) is 32.5 Å². The number of hydrogen-bond acceptors (Lipinski definition) is 4. The van der Waals surface area contributed by atoms with Crippen LogP contribution in [0.2, 0.25) is 0 Å². The van der Waals surface area contributed by atoms with E-state index in [9.17, 15) is 4.39 Å². The molecule has 19 heavy (non-hydrogen) atoms. The second-order valence-corrected chi connectivity index (χ2v) is 5.43. The van der Waals surface area contributed by atoms with Crippen LogP contribution >= 0.6 is 0 Å². The van der Waals surface area contributed by atoms with E-state index in [-0.39, 0.29) is 17.1 Å². The number of halogens is 1. The molecule has 4 nitrogen and oxygen atoms in total. The number of nitrogens with two attached hydrogens (primary N) is 1. The molecule has 106 valence electrons. The molecule has 2 rings (SSSR count). The van der Waals surface area contributed by atoms with Crippen molar-refractivity contribution < 1.29 is 9.13 Å². The van der Waals surface area contributed by atoms with Gasteiger partial charge in [-0.1, -0.05) is 0 Å². The maximum absolute atomic E-state index is 13.4. The third kappa shape index (κ3) is 2.82. The highest BCUT2D eigenvalue weighted by atomic mass is 19.1. The standard InChI is InChI=1S/C14H22FN3O/c1-10-7-14(8-16,9-18(10)2)17-11-4-5-12(15)13(6-11)19-3/h4-6,10,17H,7-9,16H2,1-3H3. The summed E-state index contributed by atoms with van der Waals surface area (Å²) < 4.78 is 18.4. The van der Waals surface area contributed by atoms with Crippen molar-refractivity contribution in [2.45, 2.75) is 24.9 Å². The van der Waals surface area contributed by atoms with Crippen LogP contribution in [-0.4, -0.2) is 43.7 Å². The predicted molar refractivity (Wildman–Crippen MR) is 75.1 cm³/mol. The highest BCUT2D eigenvalue weighted by molar-refractivity contribution is 5.51. The van der Waals surface area contributed by atoms with Crippen LogP contribution in [0.3, 0.4) is 0 Å². The molecule has 0 spiro atoms. The number of anilines is 1. The van der Waals surface area contributed by atoms with Crippen molar-refractivity contribution in [3.63, 3.8) is 0 Å². The largest absolute Gasteiger partial charge is 0.494 e. The number of rotatable bonds is 4. The third-order valence-electron chi connectivity index (χ3n) is 3.94. The number of nitrogens with one attached hydrogen (secondary N) is 1. The van der Waals surface area contributed by atoms with Crippen LogP contribution < -0.4 is 15.8 Å². The molecular formula is C14H22FN3O. The minimum Gasteiger partial charge on any atom is -0.494 e. The third-order valence-corrected chi connectivity index (χ3v) is 3.94. The van der Waals surface area contributed by atoms with Gasteiger partial charge in [0.2, 0.25) is 0 Å². The quantitative estimate of drug-likeness (QED) is 0.871. The van der Waals surface area contributed by atoms with E-state index in [4.69, 9.17) is 10.5 Å². The Balaban J connectivity index is 2.19. The molecule has 0 bridgehead atoms. The van der Waals surface area contributed by atoms with Crippen LogP contribution in [0.5, 0.6) is 5.75 Å². The molecule has 2 atom stereocenters. The number of nitrogens with zero attached hydrogens (tertiary/aromatic N) is 1. The van der Waals surface area contributed by atoms with E-state index < -0.39 is 0 Å².